The lowest BCUT2D eigenvalue weighted by atomic mass is 10.2. The van der Waals surface area contributed by atoms with Crippen LogP contribution in [0.5, 0.6) is 5.75 Å². The lowest BCUT2D eigenvalue weighted by Crippen LogP contribution is -2.40. The minimum atomic E-state index is -3.84. The summed E-state index contributed by atoms with van der Waals surface area (Å²) >= 11 is 6.08. The summed E-state index contributed by atoms with van der Waals surface area (Å²) in [5.74, 6) is -0.997. The second-order valence-corrected chi connectivity index (χ2v) is 8.33. The van der Waals surface area contributed by atoms with Crippen LogP contribution < -0.4 is 10.1 Å². The van der Waals surface area contributed by atoms with Crippen LogP contribution in [0.4, 0.5) is 14.5 Å². The number of carbonyl (C=O) groups excluding carboxylic acids is 1. The molecule has 1 saturated heterocycles. The molecule has 1 heterocycles. The quantitative estimate of drug-likeness (QED) is 0.736. The standard InChI is InChI=1S/C18H17ClF2N2O5S/c19-14-6-5-12(29(25,26)23-7-9-27-10-8-23)11-13(14)17(24)22-15-3-1-2-4-16(15)28-18(20)21/h1-6,11,18H,7-10H2,(H,22,24). The van der Waals surface area contributed by atoms with Crippen molar-refractivity contribution in [1.82, 2.24) is 4.31 Å². The van der Waals surface area contributed by atoms with Crippen LogP contribution in [-0.2, 0) is 14.8 Å². The molecule has 2 aromatic rings. The Morgan fingerprint density at radius 2 is 1.86 bits per heavy atom. The van der Waals surface area contributed by atoms with Gasteiger partial charge >= 0.3 is 6.61 Å². The van der Waals surface area contributed by atoms with Gasteiger partial charge in [-0.2, -0.15) is 13.1 Å². The lowest BCUT2D eigenvalue weighted by Gasteiger charge is -2.26. The van der Waals surface area contributed by atoms with E-state index >= 15 is 0 Å². The van der Waals surface area contributed by atoms with Gasteiger partial charge in [-0.1, -0.05) is 23.7 Å². The molecule has 0 bridgehead atoms. The van der Waals surface area contributed by atoms with E-state index in [1.54, 1.807) is 0 Å². The van der Waals surface area contributed by atoms with Gasteiger partial charge < -0.3 is 14.8 Å². The Labute approximate surface area is 171 Å². The predicted octanol–water partition coefficient (Wildman–Crippen LogP) is 3.21. The first-order valence-electron chi connectivity index (χ1n) is 8.51. The van der Waals surface area contributed by atoms with Crippen LogP contribution in [0.15, 0.2) is 47.4 Å². The minimum absolute atomic E-state index is 0.00435. The molecular weight excluding hydrogens is 430 g/mol. The molecule has 156 valence electrons. The molecule has 0 aromatic heterocycles. The van der Waals surface area contributed by atoms with E-state index in [0.29, 0.717) is 0 Å². The number of hydrogen-bond donors (Lipinski definition) is 1. The summed E-state index contributed by atoms with van der Waals surface area (Å²) in [5.41, 5.74) is -0.122. The van der Waals surface area contributed by atoms with Gasteiger partial charge in [-0.05, 0) is 30.3 Å². The van der Waals surface area contributed by atoms with Gasteiger partial charge in [0.05, 0.1) is 34.4 Å². The predicted molar refractivity (Wildman–Crippen MR) is 102 cm³/mol. The van der Waals surface area contributed by atoms with Crippen LogP contribution in [0.25, 0.3) is 0 Å². The van der Waals surface area contributed by atoms with Crippen molar-refractivity contribution in [3.8, 4) is 5.75 Å². The highest BCUT2D eigenvalue weighted by Gasteiger charge is 2.27. The highest BCUT2D eigenvalue weighted by molar-refractivity contribution is 7.89. The maximum absolute atomic E-state index is 12.8. The third kappa shape index (κ3) is 5.02. The summed E-state index contributed by atoms with van der Waals surface area (Å²) in [6.07, 6.45) is 0. The van der Waals surface area contributed by atoms with Gasteiger partial charge in [0.1, 0.15) is 5.75 Å². The summed E-state index contributed by atoms with van der Waals surface area (Å²) < 4.78 is 61.5. The number of rotatable bonds is 6. The van der Waals surface area contributed by atoms with E-state index in [1.807, 2.05) is 0 Å². The number of anilines is 1. The van der Waals surface area contributed by atoms with Crippen molar-refractivity contribution < 1.29 is 31.5 Å². The normalized spacial score (nSPS) is 15.3. The Morgan fingerprint density at radius 3 is 2.55 bits per heavy atom. The highest BCUT2D eigenvalue weighted by Crippen LogP contribution is 2.28. The van der Waals surface area contributed by atoms with E-state index in [-0.39, 0.29) is 53.2 Å². The van der Waals surface area contributed by atoms with Crippen molar-refractivity contribution in [3.05, 3.63) is 53.1 Å². The molecule has 11 heteroatoms. The Hall–Kier alpha value is -2.27. The van der Waals surface area contributed by atoms with E-state index in [0.717, 1.165) is 6.07 Å². The molecule has 1 amide bonds. The summed E-state index contributed by atoms with van der Waals surface area (Å²) in [4.78, 5) is 12.6. The fourth-order valence-electron chi connectivity index (χ4n) is 2.73. The molecule has 1 fully saturated rings. The summed E-state index contributed by atoms with van der Waals surface area (Å²) in [6.45, 7) is -2.11. The molecule has 1 aliphatic rings. The number of sulfonamides is 1. The number of nitrogens with one attached hydrogen (secondary N) is 1. The number of alkyl halides is 2. The maximum atomic E-state index is 12.8. The molecule has 1 N–H and O–H groups in total. The van der Waals surface area contributed by atoms with E-state index in [4.69, 9.17) is 16.3 Å². The fourth-order valence-corrected chi connectivity index (χ4v) is 4.37. The third-order valence-corrected chi connectivity index (χ3v) is 6.37. The monoisotopic (exact) mass is 446 g/mol. The van der Waals surface area contributed by atoms with E-state index in [2.05, 4.69) is 10.1 Å². The second kappa shape index (κ2) is 9.04. The number of carbonyl (C=O) groups is 1. The van der Waals surface area contributed by atoms with E-state index in [1.165, 1.54) is 40.7 Å². The van der Waals surface area contributed by atoms with E-state index in [9.17, 15) is 22.0 Å². The number of halogens is 3. The van der Waals surface area contributed by atoms with Crippen LogP contribution in [0.3, 0.4) is 0 Å². The van der Waals surface area contributed by atoms with Gasteiger partial charge in [0.2, 0.25) is 10.0 Å². The largest absolute Gasteiger partial charge is 0.433 e. The van der Waals surface area contributed by atoms with Crippen LogP contribution in [0, 0.1) is 0 Å². The Balaban J connectivity index is 1.88. The number of morpholine rings is 1. The van der Waals surface area contributed by atoms with Crippen molar-refractivity contribution in [1.29, 1.82) is 0 Å². The van der Waals surface area contributed by atoms with Crippen molar-refractivity contribution >= 4 is 33.2 Å². The first kappa shape index (κ1) is 21.4. The summed E-state index contributed by atoms with van der Waals surface area (Å²) in [6, 6.07) is 9.38. The number of para-hydroxylation sites is 2. The number of hydrogen-bond acceptors (Lipinski definition) is 5. The Morgan fingerprint density at radius 1 is 1.17 bits per heavy atom. The molecular formula is C18H17ClF2N2O5S. The molecule has 0 unspecified atom stereocenters. The van der Waals surface area contributed by atoms with Crippen molar-refractivity contribution in [3.63, 3.8) is 0 Å². The van der Waals surface area contributed by atoms with Crippen LogP contribution in [0.1, 0.15) is 10.4 Å². The number of nitrogens with zero attached hydrogens (tertiary/aromatic N) is 1. The Kier molecular flexibility index (Phi) is 6.68. The average Bonchev–Trinajstić information content (AvgIpc) is 2.70. The van der Waals surface area contributed by atoms with Crippen molar-refractivity contribution in [2.75, 3.05) is 31.6 Å². The molecule has 0 saturated carbocycles. The average molecular weight is 447 g/mol. The first-order valence-corrected chi connectivity index (χ1v) is 10.3. The Bertz CT molecular complexity index is 997. The second-order valence-electron chi connectivity index (χ2n) is 5.99. The molecule has 29 heavy (non-hydrogen) atoms. The number of benzene rings is 2. The van der Waals surface area contributed by atoms with Gasteiger partial charge in [0.15, 0.2) is 0 Å². The van der Waals surface area contributed by atoms with Crippen molar-refractivity contribution in [2.45, 2.75) is 11.5 Å². The zero-order chi connectivity index (χ0) is 21.0. The number of ether oxygens (including phenoxy) is 2. The van der Waals surface area contributed by atoms with Crippen molar-refractivity contribution in [2.24, 2.45) is 0 Å². The maximum Gasteiger partial charge on any atom is 0.387 e. The van der Waals surface area contributed by atoms with Gasteiger partial charge in [-0.25, -0.2) is 8.42 Å². The van der Waals surface area contributed by atoms with E-state index < -0.39 is 22.5 Å². The molecule has 0 atom stereocenters. The van der Waals surface area contributed by atoms with Crippen LogP contribution >= 0.6 is 11.6 Å². The highest BCUT2D eigenvalue weighted by atomic mass is 35.5. The van der Waals surface area contributed by atoms with Gasteiger partial charge in [-0.3, -0.25) is 4.79 Å². The summed E-state index contributed by atoms with van der Waals surface area (Å²) in [5, 5.41) is 2.43. The zero-order valence-corrected chi connectivity index (χ0v) is 16.6. The number of amides is 1. The molecule has 0 spiro atoms. The smallest absolute Gasteiger partial charge is 0.387 e. The molecule has 1 aliphatic heterocycles. The molecule has 0 aliphatic carbocycles. The van der Waals surface area contributed by atoms with Gasteiger partial charge in [0.25, 0.3) is 5.91 Å². The molecule has 3 rings (SSSR count). The topological polar surface area (TPSA) is 84.9 Å². The van der Waals surface area contributed by atoms with Gasteiger partial charge in [0, 0.05) is 13.1 Å². The fraction of sp³-hybridized carbons (Fsp3) is 0.278. The minimum Gasteiger partial charge on any atom is -0.433 e. The summed E-state index contributed by atoms with van der Waals surface area (Å²) in [7, 11) is -3.84. The lowest BCUT2D eigenvalue weighted by molar-refractivity contribution is -0.0493. The van der Waals surface area contributed by atoms with Crippen LogP contribution in [-0.4, -0.2) is 51.5 Å². The zero-order valence-electron chi connectivity index (χ0n) is 15.0. The van der Waals surface area contributed by atoms with Gasteiger partial charge in [-0.15, -0.1) is 0 Å². The molecule has 7 nitrogen and oxygen atoms in total. The molecule has 0 radical (unpaired) electrons. The first-order chi connectivity index (χ1) is 13.8. The molecule has 2 aromatic carbocycles. The SMILES string of the molecule is O=C(Nc1ccccc1OC(F)F)c1cc(S(=O)(=O)N2CCOCC2)ccc1Cl. The third-order valence-electron chi connectivity index (χ3n) is 4.14. The van der Waals surface area contributed by atoms with Crippen LogP contribution in [0.2, 0.25) is 5.02 Å².